The quantitative estimate of drug-likeness (QED) is 0.691. The van der Waals surface area contributed by atoms with Crippen LogP contribution in [0.3, 0.4) is 0 Å². The summed E-state index contributed by atoms with van der Waals surface area (Å²) >= 11 is 5.84. The number of carbonyl (C=O) groups excluding carboxylic acids is 3. The molecule has 33 heavy (non-hydrogen) atoms. The molecule has 2 atom stereocenters. The van der Waals surface area contributed by atoms with Gasteiger partial charge in [0.05, 0.1) is 23.0 Å². The Morgan fingerprint density at radius 1 is 1.09 bits per heavy atom. The lowest BCUT2D eigenvalue weighted by molar-refractivity contribution is -0.120. The number of amides is 4. The van der Waals surface area contributed by atoms with Gasteiger partial charge in [-0.25, -0.2) is 14.8 Å². The highest BCUT2D eigenvalue weighted by molar-refractivity contribution is 6.30. The molecule has 2 aromatic heterocycles. The van der Waals surface area contributed by atoms with Gasteiger partial charge in [-0.05, 0) is 37.1 Å². The van der Waals surface area contributed by atoms with Crippen LogP contribution in [0.25, 0.3) is 0 Å². The van der Waals surface area contributed by atoms with Gasteiger partial charge in [-0.1, -0.05) is 11.6 Å². The van der Waals surface area contributed by atoms with Crippen LogP contribution < -0.4 is 15.5 Å². The molecular weight excluding hydrogens is 448 g/mol. The average molecular weight is 473 g/mol. The zero-order valence-electron chi connectivity index (χ0n) is 18.2. The number of methoxy groups -OCH3 is 1. The smallest absolute Gasteiger partial charge is 0.323 e. The number of nitrogens with one attached hydrogen (secondary N) is 2. The van der Waals surface area contributed by atoms with Crippen LogP contribution >= 0.6 is 11.6 Å². The van der Waals surface area contributed by atoms with E-state index in [0.717, 1.165) is 12.8 Å². The summed E-state index contributed by atoms with van der Waals surface area (Å²) in [5.41, 5.74) is 0.703. The van der Waals surface area contributed by atoms with Crippen molar-refractivity contribution in [2.75, 3.05) is 35.7 Å². The normalized spacial score (nSPS) is 20.6. The third-order valence-electron chi connectivity index (χ3n) is 5.76. The first kappa shape index (κ1) is 22.9. The van der Waals surface area contributed by atoms with Crippen molar-refractivity contribution in [2.24, 2.45) is 0 Å². The molecule has 0 aliphatic carbocycles. The molecule has 10 nitrogen and oxygen atoms in total. The fourth-order valence-corrected chi connectivity index (χ4v) is 4.09. The maximum absolute atomic E-state index is 13.0. The second-order valence-electron chi connectivity index (χ2n) is 7.95. The van der Waals surface area contributed by atoms with Crippen LogP contribution in [0.15, 0.2) is 36.7 Å². The molecule has 2 unspecified atom stereocenters. The van der Waals surface area contributed by atoms with Crippen molar-refractivity contribution >= 4 is 46.8 Å². The lowest BCUT2D eigenvalue weighted by Crippen LogP contribution is -2.45. The molecule has 2 aliphatic heterocycles. The average Bonchev–Trinajstić information content (AvgIpc) is 3.27. The molecule has 174 valence electrons. The number of hydrogen-bond acceptors (Lipinski definition) is 6. The lowest BCUT2D eigenvalue weighted by atomic mass is 10.1. The van der Waals surface area contributed by atoms with E-state index in [1.807, 2.05) is 0 Å². The number of ether oxygens (including phenoxy) is 1. The Morgan fingerprint density at radius 3 is 2.52 bits per heavy atom. The number of carbonyl (C=O) groups is 3. The number of urea groups is 1. The molecule has 11 heteroatoms. The van der Waals surface area contributed by atoms with Crippen LogP contribution in [0.1, 0.15) is 25.7 Å². The van der Waals surface area contributed by atoms with Crippen molar-refractivity contribution in [1.82, 2.24) is 14.9 Å². The van der Waals surface area contributed by atoms with E-state index >= 15 is 0 Å². The molecule has 2 N–H and O–H groups in total. The fourth-order valence-electron chi connectivity index (χ4n) is 3.98. The molecule has 4 amide bonds. The van der Waals surface area contributed by atoms with Crippen molar-refractivity contribution in [2.45, 2.75) is 37.8 Å². The molecule has 2 aliphatic rings. The van der Waals surface area contributed by atoms with Crippen LogP contribution in [-0.2, 0) is 14.3 Å². The molecule has 0 aromatic carbocycles. The van der Waals surface area contributed by atoms with Crippen LogP contribution in [0.2, 0.25) is 5.02 Å². The number of likely N-dealkylation sites (tertiary alicyclic amines) is 1. The zero-order chi connectivity index (χ0) is 23.4. The van der Waals surface area contributed by atoms with Crippen LogP contribution in [-0.4, -0.2) is 65.1 Å². The highest BCUT2D eigenvalue weighted by Gasteiger charge is 2.40. The van der Waals surface area contributed by atoms with Crippen LogP contribution in [0.5, 0.6) is 0 Å². The van der Waals surface area contributed by atoms with Crippen molar-refractivity contribution < 1.29 is 19.1 Å². The minimum Gasteiger partial charge on any atom is -0.380 e. The number of hydrogen-bond donors (Lipinski definition) is 2. The van der Waals surface area contributed by atoms with E-state index in [1.165, 1.54) is 11.1 Å². The van der Waals surface area contributed by atoms with Crippen molar-refractivity contribution in [3.63, 3.8) is 0 Å². The predicted molar refractivity (Wildman–Crippen MR) is 123 cm³/mol. The number of pyridine rings is 2. The molecule has 4 heterocycles. The first-order valence-electron chi connectivity index (χ1n) is 10.7. The molecule has 2 aromatic rings. The summed E-state index contributed by atoms with van der Waals surface area (Å²) in [7, 11) is 1.55. The number of rotatable bonds is 5. The predicted octanol–water partition coefficient (Wildman–Crippen LogP) is 2.91. The summed E-state index contributed by atoms with van der Waals surface area (Å²) < 4.78 is 5.39. The van der Waals surface area contributed by atoms with Gasteiger partial charge in [0.15, 0.2) is 0 Å². The van der Waals surface area contributed by atoms with Crippen molar-refractivity contribution in [1.29, 1.82) is 0 Å². The maximum atomic E-state index is 13.0. The Morgan fingerprint density at radius 2 is 1.85 bits per heavy atom. The molecule has 2 saturated heterocycles. The third-order valence-corrected chi connectivity index (χ3v) is 5.98. The summed E-state index contributed by atoms with van der Waals surface area (Å²) in [6.45, 7) is 0.927. The van der Waals surface area contributed by atoms with E-state index in [0.29, 0.717) is 41.7 Å². The summed E-state index contributed by atoms with van der Waals surface area (Å²) in [5.74, 6) is 0.374. The maximum Gasteiger partial charge on any atom is 0.323 e. The van der Waals surface area contributed by atoms with E-state index in [9.17, 15) is 14.4 Å². The highest BCUT2D eigenvalue weighted by atomic mass is 35.5. The van der Waals surface area contributed by atoms with Gasteiger partial charge in [-0.15, -0.1) is 0 Å². The first-order valence-corrected chi connectivity index (χ1v) is 11.1. The second-order valence-corrected chi connectivity index (χ2v) is 8.38. The lowest BCUT2D eigenvalue weighted by Gasteiger charge is -2.26. The van der Waals surface area contributed by atoms with E-state index in [-0.39, 0.29) is 24.5 Å². The first-order chi connectivity index (χ1) is 15.9. The molecule has 0 radical (unpaired) electrons. The van der Waals surface area contributed by atoms with E-state index in [1.54, 1.807) is 42.5 Å². The Hall–Kier alpha value is -3.24. The molecule has 0 bridgehead atoms. The Labute approximate surface area is 196 Å². The Balaban J connectivity index is 1.42. The van der Waals surface area contributed by atoms with Gasteiger partial charge in [0.25, 0.3) is 0 Å². The largest absolute Gasteiger partial charge is 0.380 e. The fraction of sp³-hybridized carbons (Fsp3) is 0.409. The van der Waals surface area contributed by atoms with Gasteiger partial charge in [0, 0.05) is 39.2 Å². The Bertz CT molecular complexity index is 1020. The Kier molecular flexibility index (Phi) is 7.05. The summed E-state index contributed by atoms with van der Waals surface area (Å²) in [4.78, 5) is 49.4. The SMILES string of the molecule is COC1CC(C(=O)Nc2ccc(N3CCCCC3=O)cn2)N(C(=O)Nc2ccc(Cl)cn2)C1. The minimum atomic E-state index is -0.743. The molecule has 0 saturated carbocycles. The number of piperidine rings is 1. The van der Waals surface area contributed by atoms with Crippen molar-refractivity contribution in [3.05, 3.63) is 41.7 Å². The standard InChI is InChI=1S/C22H25ClN6O4/c1-33-16-10-17(29(13-16)22(32)27-19-7-5-14(23)11-24-19)21(31)26-18-8-6-15(12-25-18)28-9-3-2-4-20(28)30/h5-8,11-12,16-17H,2-4,9-10,13H2,1H3,(H,24,27,32)(H,25,26,31). The second kappa shape index (κ2) is 10.1. The summed E-state index contributed by atoms with van der Waals surface area (Å²) in [5, 5.41) is 5.90. The number of anilines is 3. The van der Waals surface area contributed by atoms with Crippen LogP contribution in [0.4, 0.5) is 22.1 Å². The van der Waals surface area contributed by atoms with E-state index in [2.05, 4.69) is 20.6 Å². The molecule has 2 fully saturated rings. The van der Waals surface area contributed by atoms with Crippen LogP contribution in [0, 0.1) is 0 Å². The summed E-state index contributed by atoms with van der Waals surface area (Å²) in [6, 6.07) is 5.40. The number of aromatic nitrogens is 2. The van der Waals surface area contributed by atoms with E-state index < -0.39 is 12.1 Å². The molecule has 4 rings (SSSR count). The number of nitrogens with zero attached hydrogens (tertiary/aromatic N) is 4. The zero-order valence-corrected chi connectivity index (χ0v) is 18.9. The molecular formula is C22H25ClN6O4. The van der Waals surface area contributed by atoms with Gasteiger partial charge in [-0.3, -0.25) is 14.9 Å². The van der Waals surface area contributed by atoms with Crippen molar-refractivity contribution in [3.8, 4) is 0 Å². The topological polar surface area (TPSA) is 117 Å². The summed E-state index contributed by atoms with van der Waals surface area (Å²) in [6.07, 6.45) is 5.46. The monoisotopic (exact) mass is 472 g/mol. The van der Waals surface area contributed by atoms with Gasteiger partial charge in [0.2, 0.25) is 11.8 Å². The minimum absolute atomic E-state index is 0.0771. The van der Waals surface area contributed by atoms with Gasteiger partial charge >= 0.3 is 6.03 Å². The number of halogens is 1. The van der Waals surface area contributed by atoms with E-state index in [4.69, 9.17) is 16.3 Å². The highest BCUT2D eigenvalue weighted by Crippen LogP contribution is 2.24. The van der Waals surface area contributed by atoms with Gasteiger partial charge in [0.1, 0.15) is 17.7 Å². The van der Waals surface area contributed by atoms with Gasteiger partial charge in [-0.2, -0.15) is 0 Å². The van der Waals surface area contributed by atoms with Gasteiger partial charge < -0.3 is 19.9 Å². The molecule has 0 spiro atoms. The third kappa shape index (κ3) is 5.40.